The lowest BCUT2D eigenvalue weighted by Crippen LogP contribution is -2.29. The van der Waals surface area contributed by atoms with E-state index in [1.165, 1.54) is 0 Å². The maximum atomic E-state index is 10.4. The summed E-state index contributed by atoms with van der Waals surface area (Å²) >= 11 is 0. The van der Waals surface area contributed by atoms with E-state index in [0.717, 1.165) is 38.0 Å². The first kappa shape index (κ1) is 15.5. The van der Waals surface area contributed by atoms with Gasteiger partial charge in [-0.05, 0) is 31.7 Å². The van der Waals surface area contributed by atoms with Gasteiger partial charge in [-0.15, -0.1) is 0 Å². The van der Waals surface area contributed by atoms with Gasteiger partial charge in [-0.1, -0.05) is 20.8 Å². The fourth-order valence-electron chi connectivity index (χ4n) is 3.24. The number of nitrogens with zero attached hydrogens (tertiary/aromatic N) is 2. The second-order valence-corrected chi connectivity index (χ2v) is 5.80. The van der Waals surface area contributed by atoms with Gasteiger partial charge in [-0.25, -0.2) is 0 Å². The molecule has 1 N–H and O–H groups in total. The number of rotatable bonds is 7. The number of hydrogen-bond acceptors (Lipinski definition) is 3. The molecule has 1 aliphatic heterocycles. The minimum atomic E-state index is -0.340. The zero-order valence-electron chi connectivity index (χ0n) is 13.0. The van der Waals surface area contributed by atoms with E-state index in [-0.39, 0.29) is 18.1 Å². The zero-order chi connectivity index (χ0) is 14.5. The van der Waals surface area contributed by atoms with Crippen molar-refractivity contribution in [1.82, 2.24) is 9.78 Å². The Hall–Kier alpha value is -0.870. The summed E-state index contributed by atoms with van der Waals surface area (Å²) in [6.45, 7) is 7.28. The topological polar surface area (TPSA) is 47.3 Å². The molecule has 20 heavy (non-hydrogen) atoms. The quantitative estimate of drug-likeness (QED) is 0.835. The maximum absolute atomic E-state index is 10.4. The molecule has 1 fully saturated rings. The molecule has 4 heteroatoms. The maximum Gasteiger partial charge on any atom is 0.0650 e. The van der Waals surface area contributed by atoms with E-state index in [1.807, 2.05) is 16.9 Å². The minimum Gasteiger partial charge on any atom is -0.392 e. The predicted octanol–water partition coefficient (Wildman–Crippen LogP) is 2.96. The lowest BCUT2D eigenvalue weighted by atomic mass is 9.91. The summed E-state index contributed by atoms with van der Waals surface area (Å²) in [6.07, 6.45) is 6.68. The van der Waals surface area contributed by atoms with E-state index >= 15 is 0 Å². The van der Waals surface area contributed by atoms with Gasteiger partial charge in [-0.2, -0.15) is 5.10 Å². The van der Waals surface area contributed by atoms with Gasteiger partial charge in [-0.3, -0.25) is 4.68 Å². The summed E-state index contributed by atoms with van der Waals surface area (Å²) in [5.41, 5.74) is 0.992. The van der Waals surface area contributed by atoms with E-state index in [1.54, 1.807) is 0 Å². The fraction of sp³-hybridized carbons (Fsp3) is 0.812. The molecule has 1 saturated heterocycles. The SMILES string of the molecule is CCC1OCCC1C(O)Cc1ccn(C(CC)CC)n1. The lowest BCUT2D eigenvalue weighted by Gasteiger charge is -2.22. The molecule has 3 unspecified atom stereocenters. The van der Waals surface area contributed by atoms with Gasteiger partial charge in [0.2, 0.25) is 0 Å². The van der Waals surface area contributed by atoms with Crippen LogP contribution in [-0.4, -0.2) is 33.7 Å². The molecule has 2 heterocycles. The number of aliphatic hydroxyl groups is 1. The Labute approximate surface area is 122 Å². The monoisotopic (exact) mass is 280 g/mol. The van der Waals surface area contributed by atoms with Gasteiger partial charge in [0.25, 0.3) is 0 Å². The van der Waals surface area contributed by atoms with Crippen LogP contribution in [0, 0.1) is 5.92 Å². The lowest BCUT2D eigenvalue weighted by molar-refractivity contribution is 0.0313. The Morgan fingerprint density at radius 2 is 2.15 bits per heavy atom. The van der Waals surface area contributed by atoms with Crippen LogP contribution in [0.25, 0.3) is 0 Å². The van der Waals surface area contributed by atoms with Gasteiger partial charge < -0.3 is 9.84 Å². The highest BCUT2D eigenvalue weighted by Gasteiger charge is 2.32. The summed E-state index contributed by atoms with van der Waals surface area (Å²) in [6, 6.07) is 2.51. The molecule has 0 aliphatic carbocycles. The van der Waals surface area contributed by atoms with Crippen LogP contribution in [0.4, 0.5) is 0 Å². The smallest absolute Gasteiger partial charge is 0.0650 e. The molecule has 4 nitrogen and oxygen atoms in total. The molecule has 0 aromatic carbocycles. The Morgan fingerprint density at radius 1 is 1.40 bits per heavy atom. The molecule has 1 aromatic heterocycles. The Balaban J connectivity index is 1.96. The second kappa shape index (κ2) is 7.23. The highest BCUT2D eigenvalue weighted by molar-refractivity contribution is 5.03. The van der Waals surface area contributed by atoms with Gasteiger partial charge in [0.05, 0.1) is 23.9 Å². The van der Waals surface area contributed by atoms with Crippen LogP contribution in [0.15, 0.2) is 12.3 Å². The van der Waals surface area contributed by atoms with Crippen molar-refractivity contribution in [1.29, 1.82) is 0 Å². The van der Waals surface area contributed by atoms with Crippen LogP contribution in [0.3, 0.4) is 0 Å². The first-order valence-electron chi connectivity index (χ1n) is 8.03. The summed E-state index contributed by atoms with van der Waals surface area (Å²) in [7, 11) is 0. The van der Waals surface area contributed by atoms with E-state index < -0.39 is 0 Å². The van der Waals surface area contributed by atoms with Crippen molar-refractivity contribution < 1.29 is 9.84 Å². The number of aromatic nitrogens is 2. The van der Waals surface area contributed by atoms with Crippen LogP contribution in [0.5, 0.6) is 0 Å². The van der Waals surface area contributed by atoms with Crippen LogP contribution in [0.2, 0.25) is 0 Å². The summed E-state index contributed by atoms with van der Waals surface area (Å²) in [4.78, 5) is 0. The standard InChI is InChI=1S/C16H28N2O2/c1-4-13(5-2)18-9-7-12(17-18)11-15(19)14-8-10-20-16(14)6-3/h7,9,13-16,19H,4-6,8,10-11H2,1-3H3. The van der Waals surface area contributed by atoms with Gasteiger partial charge >= 0.3 is 0 Å². The van der Waals surface area contributed by atoms with Crippen molar-refractivity contribution in [2.75, 3.05) is 6.61 Å². The van der Waals surface area contributed by atoms with Crippen LogP contribution >= 0.6 is 0 Å². The second-order valence-electron chi connectivity index (χ2n) is 5.80. The third kappa shape index (κ3) is 3.41. The van der Waals surface area contributed by atoms with E-state index in [2.05, 4.69) is 25.9 Å². The van der Waals surface area contributed by atoms with Crippen LogP contribution in [0.1, 0.15) is 58.2 Å². The Kier molecular flexibility index (Phi) is 5.61. The third-order valence-corrected chi connectivity index (χ3v) is 4.56. The molecule has 0 saturated carbocycles. The molecule has 0 bridgehead atoms. The summed E-state index contributed by atoms with van der Waals surface area (Å²) < 4.78 is 7.71. The molecular formula is C16H28N2O2. The first-order chi connectivity index (χ1) is 9.69. The first-order valence-corrected chi connectivity index (χ1v) is 8.03. The largest absolute Gasteiger partial charge is 0.392 e. The van der Waals surface area contributed by atoms with Crippen molar-refractivity contribution in [3.63, 3.8) is 0 Å². The van der Waals surface area contributed by atoms with Crippen molar-refractivity contribution in [2.45, 2.75) is 71.1 Å². The number of aliphatic hydroxyl groups excluding tert-OH is 1. The number of hydrogen-bond donors (Lipinski definition) is 1. The molecule has 1 aromatic rings. The average molecular weight is 280 g/mol. The molecule has 3 atom stereocenters. The van der Waals surface area contributed by atoms with Crippen LogP contribution in [-0.2, 0) is 11.2 Å². The van der Waals surface area contributed by atoms with Crippen molar-refractivity contribution in [3.8, 4) is 0 Å². The Morgan fingerprint density at radius 3 is 2.80 bits per heavy atom. The van der Waals surface area contributed by atoms with Gasteiger partial charge in [0.15, 0.2) is 0 Å². The summed E-state index contributed by atoms with van der Waals surface area (Å²) in [5.74, 6) is 0.262. The van der Waals surface area contributed by atoms with Crippen LogP contribution < -0.4 is 0 Å². The van der Waals surface area contributed by atoms with E-state index in [9.17, 15) is 5.11 Å². The highest BCUT2D eigenvalue weighted by Crippen LogP contribution is 2.28. The minimum absolute atomic E-state index is 0.214. The molecule has 1 aliphatic rings. The zero-order valence-corrected chi connectivity index (χ0v) is 13.0. The predicted molar refractivity (Wildman–Crippen MR) is 79.7 cm³/mol. The van der Waals surface area contributed by atoms with Crippen molar-refractivity contribution >= 4 is 0 Å². The highest BCUT2D eigenvalue weighted by atomic mass is 16.5. The molecule has 0 spiro atoms. The van der Waals surface area contributed by atoms with Gasteiger partial charge in [0, 0.05) is 25.1 Å². The fourth-order valence-corrected chi connectivity index (χ4v) is 3.24. The summed E-state index contributed by atoms with van der Waals surface area (Å²) in [5, 5.41) is 15.1. The molecule has 0 radical (unpaired) electrons. The van der Waals surface area contributed by atoms with E-state index in [0.29, 0.717) is 12.5 Å². The van der Waals surface area contributed by atoms with Crippen molar-refractivity contribution in [2.24, 2.45) is 5.92 Å². The molecule has 0 amide bonds. The van der Waals surface area contributed by atoms with Crippen molar-refractivity contribution in [3.05, 3.63) is 18.0 Å². The molecule has 2 rings (SSSR count). The third-order valence-electron chi connectivity index (χ3n) is 4.56. The molecule has 114 valence electrons. The van der Waals surface area contributed by atoms with Gasteiger partial charge in [0.1, 0.15) is 0 Å². The average Bonchev–Trinajstić information content (AvgIpc) is 3.09. The normalized spacial score (nSPS) is 24.4. The van der Waals surface area contributed by atoms with E-state index in [4.69, 9.17) is 4.74 Å². The Bertz CT molecular complexity index is 401. The molecular weight excluding hydrogens is 252 g/mol. The number of ether oxygens (including phenoxy) is 1.